The van der Waals surface area contributed by atoms with E-state index in [1.54, 1.807) is 9.80 Å². The van der Waals surface area contributed by atoms with Crippen LogP contribution in [0.25, 0.3) is 10.9 Å². The molecule has 1 N–H and O–H groups in total. The second-order valence-corrected chi connectivity index (χ2v) is 9.24. The highest BCUT2D eigenvalue weighted by Gasteiger charge is 2.58. The molecule has 0 bridgehead atoms. The number of hydrogen-bond acceptors (Lipinski definition) is 2. The Labute approximate surface area is 179 Å². The van der Waals surface area contributed by atoms with E-state index in [9.17, 15) is 9.59 Å². The molecule has 1 aromatic heterocycles. The molecule has 2 atom stereocenters. The van der Waals surface area contributed by atoms with Crippen LogP contribution in [-0.4, -0.2) is 45.7 Å². The van der Waals surface area contributed by atoms with Crippen molar-refractivity contribution in [2.24, 2.45) is 0 Å². The van der Waals surface area contributed by atoms with Gasteiger partial charge in [0.1, 0.15) is 6.54 Å². The molecule has 30 heavy (non-hydrogen) atoms. The number of rotatable bonds is 2. The molecule has 5 nitrogen and oxygen atoms in total. The lowest BCUT2D eigenvalue weighted by Crippen LogP contribution is -2.67. The molecule has 0 spiro atoms. The number of para-hydroxylation sites is 1. The highest BCUT2D eigenvalue weighted by molar-refractivity contribution is 6.30. The summed E-state index contributed by atoms with van der Waals surface area (Å²) in [6.07, 6.45) is 1.98. The molecule has 2 fully saturated rings. The van der Waals surface area contributed by atoms with E-state index in [1.807, 2.05) is 49.4 Å². The van der Waals surface area contributed by atoms with E-state index >= 15 is 0 Å². The largest absolute Gasteiger partial charge is 0.356 e. The van der Waals surface area contributed by atoms with E-state index in [0.29, 0.717) is 11.6 Å². The summed E-state index contributed by atoms with van der Waals surface area (Å²) in [6, 6.07) is 16.2. The van der Waals surface area contributed by atoms with E-state index in [2.05, 4.69) is 11.1 Å². The van der Waals surface area contributed by atoms with Gasteiger partial charge in [-0.3, -0.25) is 9.59 Å². The van der Waals surface area contributed by atoms with Gasteiger partial charge in [0.25, 0.3) is 5.91 Å². The Hall–Kier alpha value is -2.79. The zero-order valence-electron chi connectivity index (χ0n) is 16.7. The van der Waals surface area contributed by atoms with Crippen molar-refractivity contribution in [1.29, 1.82) is 0 Å². The molecule has 3 aromatic rings. The lowest BCUT2D eigenvalue weighted by Gasteiger charge is -2.51. The van der Waals surface area contributed by atoms with E-state index in [4.69, 9.17) is 11.6 Å². The average molecular weight is 420 g/mol. The molecule has 0 radical (unpaired) electrons. The van der Waals surface area contributed by atoms with Gasteiger partial charge in [0.15, 0.2) is 5.54 Å². The number of aromatic amines is 1. The molecule has 3 aliphatic rings. The maximum absolute atomic E-state index is 13.7. The van der Waals surface area contributed by atoms with Crippen molar-refractivity contribution in [3.05, 3.63) is 70.4 Å². The second kappa shape index (κ2) is 6.11. The number of hydrogen-bond donors (Lipinski definition) is 1. The predicted molar refractivity (Wildman–Crippen MR) is 115 cm³/mol. The summed E-state index contributed by atoms with van der Waals surface area (Å²) in [7, 11) is 0. The number of benzene rings is 2. The topological polar surface area (TPSA) is 56.4 Å². The molecule has 6 heteroatoms. The number of nitrogens with one attached hydrogen (secondary N) is 1. The van der Waals surface area contributed by atoms with Crippen LogP contribution in [0.5, 0.6) is 0 Å². The van der Waals surface area contributed by atoms with Crippen molar-refractivity contribution >= 4 is 34.3 Å². The SMILES string of the molecule is C[C@@]12C(=O)N(C3CC3)CC(=O)N1C[C@@H](c1ccc(Cl)cc1)c1c2[nH]c2ccccc12. The Morgan fingerprint density at radius 2 is 1.80 bits per heavy atom. The number of carbonyl (C=O) groups excluding carboxylic acids is 2. The van der Waals surface area contributed by atoms with Gasteiger partial charge in [-0.05, 0) is 49.1 Å². The first-order chi connectivity index (χ1) is 14.5. The Morgan fingerprint density at radius 3 is 2.53 bits per heavy atom. The first-order valence-electron chi connectivity index (χ1n) is 10.5. The highest BCUT2D eigenvalue weighted by Crippen LogP contribution is 2.49. The van der Waals surface area contributed by atoms with Crippen molar-refractivity contribution in [3.8, 4) is 0 Å². The predicted octanol–water partition coefficient (Wildman–Crippen LogP) is 4.02. The summed E-state index contributed by atoms with van der Waals surface area (Å²) in [4.78, 5) is 34.1. The summed E-state index contributed by atoms with van der Waals surface area (Å²) in [5.41, 5.74) is 3.05. The first-order valence-corrected chi connectivity index (χ1v) is 10.8. The van der Waals surface area contributed by atoms with Crippen molar-refractivity contribution in [2.75, 3.05) is 13.1 Å². The fourth-order valence-electron chi connectivity index (χ4n) is 5.31. The molecule has 2 amide bonds. The van der Waals surface area contributed by atoms with E-state index in [-0.39, 0.29) is 30.3 Å². The third-order valence-electron chi connectivity index (χ3n) is 7.03. The van der Waals surface area contributed by atoms with Gasteiger partial charge in [-0.25, -0.2) is 0 Å². The Morgan fingerprint density at radius 1 is 1.07 bits per heavy atom. The van der Waals surface area contributed by atoms with Gasteiger partial charge in [-0.15, -0.1) is 0 Å². The van der Waals surface area contributed by atoms with Gasteiger partial charge in [0, 0.05) is 34.4 Å². The fourth-order valence-corrected chi connectivity index (χ4v) is 5.43. The lowest BCUT2D eigenvalue weighted by atomic mass is 9.76. The minimum atomic E-state index is -1.00. The molecule has 152 valence electrons. The van der Waals surface area contributed by atoms with Crippen LogP contribution < -0.4 is 0 Å². The Kier molecular flexibility index (Phi) is 3.67. The van der Waals surface area contributed by atoms with Crippen molar-refractivity contribution in [2.45, 2.75) is 37.3 Å². The number of amides is 2. The number of carbonyl (C=O) groups is 2. The quantitative estimate of drug-likeness (QED) is 0.682. The maximum atomic E-state index is 13.7. The number of aromatic nitrogens is 1. The van der Waals surface area contributed by atoms with Crippen LogP contribution in [0.2, 0.25) is 5.02 Å². The number of fused-ring (bicyclic) bond motifs is 5. The Bertz CT molecular complexity index is 1200. The molecule has 3 heterocycles. The zero-order chi connectivity index (χ0) is 20.6. The van der Waals surface area contributed by atoms with Crippen molar-refractivity contribution < 1.29 is 9.59 Å². The highest BCUT2D eigenvalue weighted by atomic mass is 35.5. The fraction of sp³-hybridized carbons (Fsp3) is 0.333. The Balaban J connectivity index is 1.60. The summed E-state index contributed by atoms with van der Waals surface area (Å²) >= 11 is 6.13. The van der Waals surface area contributed by atoms with E-state index in [0.717, 1.165) is 40.6 Å². The summed E-state index contributed by atoms with van der Waals surface area (Å²) in [5, 5.41) is 1.79. The van der Waals surface area contributed by atoms with Crippen molar-refractivity contribution in [1.82, 2.24) is 14.8 Å². The summed E-state index contributed by atoms with van der Waals surface area (Å²) < 4.78 is 0. The minimum Gasteiger partial charge on any atom is -0.356 e. The van der Waals surface area contributed by atoms with Gasteiger partial charge >= 0.3 is 0 Å². The summed E-state index contributed by atoms with van der Waals surface area (Å²) in [6.45, 7) is 2.58. The molecule has 1 aliphatic carbocycles. The molecule has 6 rings (SSSR count). The smallest absolute Gasteiger partial charge is 0.255 e. The maximum Gasteiger partial charge on any atom is 0.255 e. The van der Waals surface area contributed by atoms with Crippen LogP contribution >= 0.6 is 11.6 Å². The molecule has 2 aromatic carbocycles. The van der Waals surface area contributed by atoms with Crippen LogP contribution in [0, 0.1) is 0 Å². The van der Waals surface area contributed by atoms with Gasteiger partial charge in [-0.1, -0.05) is 41.9 Å². The van der Waals surface area contributed by atoms with Crippen LogP contribution in [-0.2, 0) is 15.1 Å². The third kappa shape index (κ3) is 2.36. The minimum absolute atomic E-state index is 0.0206. The average Bonchev–Trinajstić information content (AvgIpc) is 3.51. The standard InChI is InChI=1S/C24H22ClN3O2/c1-24-22-21(17-4-2-3-5-19(17)26-22)18(14-6-8-15(25)9-7-14)12-28(24)20(29)13-27(23(24)30)16-10-11-16/h2-9,16,18,26H,10-13H2,1H3/t18-,24+/m0/s1. The monoisotopic (exact) mass is 419 g/mol. The van der Waals surface area contributed by atoms with Gasteiger partial charge in [0.2, 0.25) is 5.91 Å². The van der Waals surface area contributed by atoms with Crippen LogP contribution in [0.4, 0.5) is 0 Å². The van der Waals surface area contributed by atoms with Gasteiger partial charge < -0.3 is 14.8 Å². The molecule has 0 unspecified atom stereocenters. The van der Waals surface area contributed by atoms with E-state index in [1.165, 1.54) is 0 Å². The molecular formula is C24H22ClN3O2. The first kappa shape index (κ1) is 18.0. The molecule has 2 aliphatic heterocycles. The number of nitrogens with zero attached hydrogens (tertiary/aromatic N) is 2. The molecule has 1 saturated carbocycles. The van der Waals surface area contributed by atoms with E-state index < -0.39 is 5.54 Å². The number of H-pyrrole nitrogens is 1. The van der Waals surface area contributed by atoms with Gasteiger partial charge in [-0.2, -0.15) is 0 Å². The van der Waals surface area contributed by atoms with Crippen molar-refractivity contribution in [3.63, 3.8) is 0 Å². The number of halogens is 1. The van der Waals surface area contributed by atoms with Crippen LogP contribution in [0.1, 0.15) is 42.5 Å². The third-order valence-corrected chi connectivity index (χ3v) is 7.28. The molecular weight excluding hydrogens is 398 g/mol. The lowest BCUT2D eigenvalue weighted by molar-refractivity contribution is -0.166. The van der Waals surface area contributed by atoms with Gasteiger partial charge in [0.05, 0.1) is 5.69 Å². The van der Waals surface area contributed by atoms with Crippen LogP contribution in [0.15, 0.2) is 48.5 Å². The van der Waals surface area contributed by atoms with Crippen LogP contribution in [0.3, 0.4) is 0 Å². The normalized spacial score (nSPS) is 26.1. The second-order valence-electron chi connectivity index (χ2n) is 8.80. The molecule has 1 saturated heterocycles. The zero-order valence-corrected chi connectivity index (χ0v) is 17.4. The summed E-state index contributed by atoms with van der Waals surface area (Å²) in [5.74, 6) is 0.0324. The number of piperazine rings is 1.